The minimum absolute atomic E-state index is 0.0357. The van der Waals surface area contributed by atoms with Gasteiger partial charge < -0.3 is 5.32 Å². The fourth-order valence-electron chi connectivity index (χ4n) is 4.08. The lowest BCUT2D eigenvalue weighted by Crippen LogP contribution is -2.26. The van der Waals surface area contributed by atoms with E-state index in [1.54, 1.807) is 4.68 Å². The molecule has 0 aliphatic heterocycles. The summed E-state index contributed by atoms with van der Waals surface area (Å²) in [4.78, 5) is 12.1. The third-order valence-electron chi connectivity index (χ3n) is 6.13. The first-order valence-electron chi connectivity index (χ1n) is 13.5. The van der Waals surface area contributed by atoms with E-state index in [9.17, 15) is 4.79 Å². The summed E-state index contributed by atoms with van der Waals surface area (Å²) < 4.78 is 1.66. The number of carbonyl (C=O) groups is 1. The monoisotopic (exact) mass is 487 g/mol. The molecular formula is C27H45N5OS. The van der Waals surface area contributed by atoms with Crippen LogP contribution >= 0.6 is 11.8 Å². The highest BCUT2D eigenvalue weighted by atomic mass is 32.2. The van der Waals surface area contributed by atoms with Crippen molar-refractivity contribution in [1.29, 1.82) is 0 Å². The molecule has 34 heavy (non-hydrogen) atoms. The summed E-state index contributed by atoms with van der Waals surface area (Å²) in [6.45, 7) is 3.03. The number of carbonyl (C=O) groups excluding carboxylic acids is 1. The quantitative estimate of drug-likeness (QED) is 0.150. The van der Waals surface area contributed by atoms with Gasteiger partial charge in [-0.15, -0.1) is 5.10 Å². The van der Waals surface area contributed by atoms with Crippen LogP contribution in [0.25, 0.3) is 5.69 Å². The molecule has 0 fully saturated rings. The van der Waals surface area contributed by atoms with Gasteiger partial charge in [0, 0.05) is 6.54 Å². The summed E-state index contributed by atoms with van der Waals surface area (Å²) >= 11 is 1.36. The van der Waals surface area contributed by atoms with E-state index in [4.69, 9.17) is 0 Å². The molecule has 0 spiro atoms. The minimum Gasteiger partial charge on any atom is -0.355 e. The van der Waals surface area contributed by atoms with Gasteiger partial charge in [0.25, 0.3) is 0 Å². The number of hydrogen-bond donors (Lipinski definition) is 1. The van der Waals surface area contributed by atoms with E-state index in [2.05, 4.69) is 27.8 Å². The Morgan fingerprint density at radius 2 is 1.32 bits per heavy atom. The Hall–Kier alpha value is -1.89. The van der Waals surface area contributed by atoms with E-state index in [0.717, 1.165) is 18.7 Å². The highest BCUT2D eigenvalue weighted by Gasteiger charge is 2.11. The first-order chi connectivity index (χ1) is 16.8. The minimum atomic E-state index is 0.0357. The van der Waals surface area contributed by atoms with Crippen LogP contribution in [0.5, 0.6) is 0 Å². The number of thioether (sulfide) groups is 1. The van der Waals surface area contributed by atoms with E-state index in [1.165, 1.54) is 108 Å². The fraction of sp³-hybridized carbons (Fsp3) is 0.704. The van der Waals surface area contributed by atoms with Crippen molar-refractivity contribution in [1.82, 2.24) is 25.5 Å². The van der Waals surface area contributed by atoms with Gasteiger partial charge in [-0.25, -0.2) is 0 Å². The Morgan fingerprint density at radius 1 is 0.794 bits per heavy atom. The van der Waals surface area contributed by atoms with Crippen molar-refractivity contribution in [2.45, 2.75) is 115 Å². The Kier molecular flexibility index (Phi) is 16.2. The van der Waals surface area contributed by atoms with Crippen LogP contribution in [-0.4, -0.2) is 38.4 Å². The Balaban J connectivity index is 1.36. The number of unbranched alkanes of at least 4 members (excludes halogenated alkanes) is 15. The predicted molar refractivity (Wildman–Crippen MR) is 142 cm³/mol. The number of aromatic nitrogens is 4. The molecule has 7 heteroatoms. The second-order valence-electron chi connectivity index (χ2n) is 9.15. The molecule has 0 unspecified atom stereocenters. The van der Waals surface area contributed by atoms with Crippen LogP contribution in [-0.2, 0) is 4.79 Å². The summed E-state index contributed by atoms with van der Waals surface area (Å²) in [5, 5.41) is 15.4. The van der Waals surface area contributed by atoms with Crippen molar-refractivity contribution in [3.63, 3.8) is 0 Å². The normalized spacial score (nSPS) is 11.1. The van der Waals surface area contributed by atoms with Crippen LogP contribution in [0.4, 0.5) is 0 Å². The molecule has 2 aromatic rings. The van der Waals surface area contributed by atoms with E-state index in [0.29, 0.717) is 10.9 Å². The molecule has 0 saturated carbocycles. The number of tetrazole rings is 1. The van der Waals surface area contributed by atoms with Gasteiger partial charge in [0.2, 0.25) is 11.1 Å². The zero-order valence-corrected chi connectivity index (χ0v) is 22.0. The Bertz CT molecular complexity index is 752. The largest absolute Gasteiger partial charge is 0.355 e. The molecule has 190 valence electrons. The van der Waals surface area contributed by atoms with E-state index in [-0.39, 0.29) is 5.91 Å². The standard InChI is InChI=1S/C27H45N5OS/c1-2-3-4-5-6-7-8-9-10-11-12-13-14-15-16-20-23-28-26(33)24-34-27-29-30-31-32(27)25-21-18-17-19-22-25/h17-19,21-22H,2-16,20,23-24H2,1H3,(H,28,33). The summed E-state index contributed by atoms with van der Waals surface area (Å²) in [6.07, 6.45) is 21.7. The number of para-hydroxylation sites is 1. The molecule has 0 radical (unpaired) electrons. The lowest BCUT2D eigenvalue weighted by Gasteiger charge is -2.06. The van der Waals surface area contributed by atoms with Crippen molar-refractivity contribution in [3.05, 3.63) is 30.3 Å². The van der Waals surface area contributed by atoms with Crippen molar-refractivity contribution in [2.75, 3.05) is 12.3 Å². The van der Waals surface area contributed by atoms with Gasteiger partial charge in [0.05, 0.1) is 11.4 Å². The number of nitrogens with one attached hydrogen (secondary N) is 1. The summed E-state index contributed by atoms with van der Waals surface area (Å²) in [5.41, 5.74) is 0.892. The first kappa shape index (κ1) is 28.3. The van der Waals surface area contributed by atoms with Crippen LogP contribution in [0.1, 0.15) is 110 Å². The van der Waals surface area contributed by atoms with Crippen LogP contribution < -0.4 is 5.32 Å². The summed E-state index contributed by atoms with van der Waals surface area (Å²) in [6, 6.07) is 9.72. The average molecular weight is 488 g/mol. The molecule has 1 aromatic carbocycles. The smallest absolute Gasteiger partial charge is 0.230 e. The Labute approximate surface area is 211 Å². The summed E-state index contributed by atoms with van der Waals surface area (Å²) in [5.74, 6) is 0.361. The highest BCUT2D eigenvalue weighted by Crippen LogP contribution is 2.17. The van der Waals surface area contributed by atoms with Gasteiger partial charge in [-0.3, -0.25) is 4.79 Å². The average Bonchev–Trinajstić information content (AvgIpc) is 3.34. The van der Waals surface area contributed by atoms with Crippen molar-refractivity contribution in [2.24, 2.45) is 0 Å². The molecule has 1 amide bonds. The predicted octanol–water partition coefficient (Wildman–Crippen LogP) is 7.13. The van der Waals surface area contributed by atoms with Crippen molar-refractivity contribution in [3.8, 4) is 5.69 Å². The second-order valence-corrected chi connectivity index (χ2v) is 10.1. The van der Waals surface area contributed by atoms with Crippen LogP contribution in [0.2, 0.25) is 0 Å². The molecule has 6 nitrogen and oxygen atoms in total. The van der Waals surface area contributed by atoms with Crippen molar-refractivity contribution >= 4 is 17.7 Å². The lowest BCUT2D eigenvalue weighted by molar-refractivity contribution is -0.118. The highest BCUT2D eigenvalue weighted by molar-refractivity contribution is 7.99. The van der Waals surface area contributed by atoms with Crippen molar-refractivity contribution < 1.29 is 4.79 Å². The zero-order valence-electron chi connectivity index (χ0n) is 21.2. The van der Waals surface area contributed by atoms with E-state index in [1.807, 2.05) is 30.3 Å². The first-order valence-corrected chi connectivity index (χ1v) is 14.5. The topological polar surface area (TPSA) is 72.7 Å². The molecule has 0 bridgehead atoms. The summed E-state index contributed by atoms with van der Waals surface area (Å²) in [7, 11) is 0. The maximum absolute atomic E-state index is 12.1. The molecule has 0 aliphatic carbocycles. The molecular weight excluding hydrogens is 442 g/mol. The third-order valence-corrected chi connectivity index (χ3v) is 7.05. The van der Waals surface area contributed by atoms with Gasteiger partial charge in [-0.1, -0.05) is 133 Å². The fourth-order valence-corrected chi connectivity index (χ4v) is 4.80. The molecule has 2 rings (SSSR count). The number of nitrogens with zero attached hydrogens (tertiary/aromatic N) is 4. The van der Waals surface area contributed by atoms with Gasteiger partial charge >= 0.3 is 0 Å². The zero-order chi connectivity index (χ0) is 24.1. The SMILES string of the molecule is CCCCCCCCCCCCCCCCCCNC(=O)CSc1nnnn1-c1ccccc1. The molecule has 1 heterocycles. The van der Waals surface area contributed by atoms with Crippen LogP contribution in [0.3, 0.4) is 0 Å². The van der Waals surface area contributed by atoms with E-state index < -0.39 is 0 Å². The third kappa shape index (κ3) is 13.1. The maximum Gasteiger partial charge on any atom is 0.230 e. The molecule has 1 N–H and O–H groups in total. The second kappa shape index (κ2) is 19.4. The molecule has 0 saturated heterocycles. The molecule has 0 aliphatic rings. The number of benzene rings is 1. The van der Waals surface area contributed by atoms with Gasteiger partial charge in [0.15, 0.2) is 0 Å². The van der Waals surface area contributed by atoms with E-state index >= 15 is 0 Å². The molecule has 1 aromatic heterocycles. The van der Waals surface area contributed by atoms with Crippen LogP contribution in [0, 0.1) is 0 Å². The van der Waals surface area contributed by atoms with Crippen LogP contribution in [0.15, 0.2) is 35.5 Å². The van der Waals surface area contributed by atoms with Gasteiger partial charge in [-0.2, -0.15) is 4.68 Å². The Morgan fingerprint density at radius 3 is 1.88 bits per heavy atom. The number of rotatable bonds is 21. The molecule has 0 atom stereocenters. The van der Waals surface area contributed by atoms with Gasteiger partial charge in [-0.05, 0) is 29.0 Å². The lowest BCUT2D eigenvalue weighted by atomic mass is 10.0. The maximum atomic E-state index is 12.1. The van der Waals surface area contributed by atoms with Gasteiger partial charge in [0.1, 0.15) is 0 Å². The number of amides is 1. The number of hydrogen-bond acceptors (Lipinski definition) is 5.